The molecule has 0 spiro atoms. The first kappa shape index (κ1) is 20.2. The van der Waals surface area contributed by atoms with Crippen LogP contribution in [0, 0.1) is 0 Å². The van der Waals surface area contributed by atoms with Gasteiger partial charge in [-0.3, -0.25) is 19.6 Å². The molecule has 1 amide bonds. The molecule has 0 unspecified atom stereocenters. The molecule has 1 heterocycles. The first-order valence-electron chi connectivity index (χ1n) is 9.11. The highest BCUT2D eigenvalue weighted by molar-refractivity contribution is 6.10. The number of carbonyl (C=O) groups excluding carboxylic acids is 2. The highest BCUT2D eigenvalue weighted by Crippen LogP contribution is 2.38. The number of primary amides is 1. The number of carbonyl (C=O) groups is 2. The zero-order chi connectivity index (χ0) is 22.2. The Bertz CT molecular complexity index is 1330. The van der Waals surface area contributed by atoms with E-state index in [-0.39, 0.29) is 28.0 Å². The second kappa shape index (κ2) is 7.64. The van der Waals surface area contributed by atoms with E-state index in [4.69, 9.17) is 5.73 Å². The van der Waals surface area contributed by atoms with E-state index >= 15 is 0 Å². The summed E-state index contributed by atoms with van der Waals surface area (Å²) in [6.07, 6.45) is -1.67. The third kappa shape index (κ3) is 4.00. The van der Waals surface area contributed by atoms with Crippen LogP contribution in [0.15, 0.2) is 73.1 Å². The Hall–Kier alpha value is -4.07. The number of rotatable bonds is 4. The Balaban J connectivity index is 1.78. The molecule has 4 aromatic rings. The predicted molar refractivity (Wildman–Crippen MR) is 108 cm³/mol. The molecule has 0 radical (unpaired) electrons. The monoisotopic (exact) mass is 421 g/mol. The molecule has 0 aliphatic rings. The van der Waals surface area contributed by atoms with Gasteiger partial charge in [-0.05, 0) is 47.5 Å². The number of benzene rings is 3. The van der Waals surface area contributed by atoms with Gasteiger partial charge in [0.05, 0.1) is 16.6 Å². The molecule has 0 atom stereocenters. The molecule has 5 nitrogen and oxygen atoms in total. The normalized spacial score (nSPS) is 11.5. The average Bonchev–Trinajstić information content (AvgIpc) is 2.77. The van der Waals surface area contributed by atoms with Crippen LogP contribution >= 0.6 is 0 Å². The van der Waals surface area contributed by atoms with Crippen LogP contribution in [0.3, 0.4) is 0 Å². The van der Waals surface area contributed by atoms with Crippen LogP contribution in [0.25, 0.3) is 22.2 Å². The average molecular weight is 421 g/mol. The number of ketones is 1. The standard InChI is InChI=1S/C23H14F3N3O2/c24-23(25,26)18-11-16(22(27)31)4-6-17(18)13-2-1-3-14(10-13)21(30)15-5-7-19-20(12-15)29-9-8-28-19/h1-12H,(H2,27,31). The van der Waals surface area contributed by atoms with Crippen LogP contribution < -0.4 is 5.73 Å². The fourth-order valence-corrected chi connectivity index (χ4v) is 3.28. The molecule has 3 aromatic carbocycles. The van der Waals surface area contributed by atoms with Crippen molar-refractivity contribution in [3.05, 3.63) is 95.3 Å². The van der Waals surface area contributed by atoms with Crippen LogP contribution in [0.5, 0.6) is 0 Å². The maximum Gasteiger partial charge on any atom is 0.417 e. The Morgan fingerprint density at radius 3 is 2.16 bits per heavy atom. The molecule has 2 N–H and O–H groups in total. The molecular formula is C23H14F3N3O2. The Morgan fingerprint density at radius 1 is 0.774 bits per heavy atom. The zero-order valence-electron chi connectivity index (χ0n) is 15.9. The highest BCUT2D eigenvalue weighted by atomic mass is 19.4. The number of fused-ring (bicyclic) bond motifs is 1. The SMILES string of the molecule is NC(=O)c1ccc(-c2cccc(C(=O)c3ccc4nccnc4c3)c2)c(C(F)(F)F)c1. The summed E-state index contributed by atoms with van der Waals surface area (Å²) in [4.78, 5) is 32.6. The first-order valence-corrected chi connectivity index (χ1v) is 9.11. The highest BCUT2D eigenvalue weighted by Gasteiger charge is 2.34. The third-order valence-corrected chi connectivity index (χ3v) is 4.78. The van der Waals surface area contributed by atoms with Gasteiger partial charge in [-0.15, -0.1) is 0 Å². The van der Waals surface area contributed by atoms with Crippen molar-refractivity contribution in [1.82, 2.24) is 9.97 Å². The molecule has 0 fully saturated rings. The maximum absolute atomic E-state index is 13.6. The molecule has 154 valence electrons. The third-order valence-electron chi connectivity index (χ3n) is 4.78. The van der Waals surface area contributed by atoms with Crippen LogP contribution in [-0.4, -0.2) is 21.7 Å². The van der Waals surface area contributed by atoms with Gasteiger partial charge in [-0.25, -0.2) is 0 Å². The molecule has 0 saturated carbocycles. The zero-order valence-corrected chi connectivity index (χ0v) is 15.9. The van der Waals surface area contributed by atoms with E-state index in [1.54, 1.807) is 18.2 Å². The fraction of sp³-hybridized carbons (Fsp3) is 0.0435. The van der Waals surface area contributed by atoms with E-state index in [9.17, 15) is 22.8 Å². The van der Waals surface area contributed by atoms with Gasteiger partial charge in [0.15, 0.2) is 5.78 Å². The number of amides is 1. The van der Waals surface area contributed by atoms with Gasteiger partial charge in [0, 0.05) is 29.1 Å². The minimum absolute atomic E-state index is 0.156. The van der Waals surface area contributed by atoms with Crippen molar-refractivity contribution in [3.63, 3.8) is 0 Å². The van der Waals surface area contributed by atoms with E-state index in [0.717, 1.165) is 0 Å². The topological polar surface area (TPSA) is 85.9 Å². The Kier molecular flexibility index (Phi) is 4.98. The molecule has 4 rings (SSSR count). The van der Waals surface area contributed by atoms with Crippen LogP contribution in [-0.2, 0) is 6.18 Å². The number of alkyl halides is 3. The second-order valence-electron chi connectivity index (χ2n) is 6.79. The van der Waals surface area contributed by atoms with Crippen molar-refractivity contribution >= 4 is 22.7 Å². The predicted octanol–water partition coefficient (Wildman–Crippen LogP) is 4.65. The maximum atomic E-state index is 13.6. The van der Waals surface area contributed by atoms with Gasteiger partial charge >= 0.3 is 6.18 Å². The lowest BCUT2D eigenvalue weighted by atomic mass is 9.94. The second-order valence-corrected chi connectivity index (χ2v) is 6.79. The van der Waals surface area contributed by atoms with Gasteiger partial charge in [-0.2, -0.15) is 13.2 Å². The number of hydrogen-bond donors (Lipinski definition) is 1. The van der Waals surface area contributed by atoms with Gasteiger partial charge in [-0.1, -0.05) is 24.3 Å². The molecule has 8 heteroatoms. The smallest absolute Gasteiger partial charge is 0.366 e. The minimum atomic E-state index is -4.71. The molecule has 0 saturated heterocycles. The van der Waals surface area contributed by atoms with Crippen LogP contribution in [0.1, 0.15) is 31.8 Å². The molecule has 0 bridgehead atoms. The van der Waals surface area contributed by atoms with Crippen molar-refractivity contribution < 1.29 is 22.8 Å². The summed E-state index contributed by atoms with van der Waals surface area (Å²) in [6.45, 7) is 0. The van der Waals surface area contributed by atoms with Crippen molar-refractivity contribution in [2.75, 3.05) is 0 Å². The summed E-state index contributed by atoms with van der Waals surface area (Å²) in [5.74, 6) is -1.32. The quantitative estimate of drug-likeness (QED) is 0.486. The number of nitrogens with zero attached hydrogens (tertiary/aromatic N) is 2. The molecule has 1 aromatic heterocycles. The summed E-state index contributed by atoms with van der Waals surface area (Å²) >= 11 is 0. The van der Waals surface area contributed by atoms with E-state index in [0.29, 0.717) is 22.7 Å². The Morgan fingerprint density at radius 2 is 1.45 bits per heavy atom. The van der Waals surface area contributed by atoms with Crippen LogP contribution in [0.4, 0.5) is 13.2 Å². The lowest BCUT2D eigenvalue weighted by Crippen LogP contribution is -2.14. The largest absolute Gasteiger partial charge is 0.417 e. The van der Waals surface area contributed by atoms with Gasteiger partial charge < -0.3 is 5.73 Å². The molecular weight excluding hydrogens is 407 g/mol. The summed E-state index contributed by atoms with van der Waals surface area (Å²) in [5, 5.41) is 0. The van der Waals surface area contributed by atoms with E-state index < -0.39 is 17.6 Å². The Labute approximate surface area is 174 Å². The fourth-order valence-electron chi connectivity index (χ4n) is 3.28. The summed E-state index contributed by atoms with van der Waals surface area (Å²) in [6, 6.07) is 13.8. The molecule has 31 heavy (non-hydrogen) atoms. The summed E-state index contributed by atoms with van der Waals surface area (Å²) in [5.41, 5.74) is 5.61. The van der Waals surface area contributed by atoms with Gasteiger partial charge in [0.1, 0.15) is 0 Å². The van der Waals surface area contributed by atoms with Crippen molar-refractivity contribution in [2.24, 2.45) is 5.73 Å². The van der Waals surface area contributed by atoms with Crippen molar-refractivity contribution in [2.45, 2.75) is 6.18 Å². The lowest BCUT2D eigenvalue weighted by Gasteiger charge is -2.15. The number of aromatic nitrogens is 2. The number of halogens is 3. The van der Waals surface area contributed by atoms with Crippen molar-refractivity contribution in [3.8, 4) is 11.1 Å². The van der Waals surface area contributed by atoms with Gasteiger partial charge in [0.25, 0.3) is 0 Å². The lowest BCUT2D eigenvalue weighted by molar-refractivity contribution is -0.137. The first-order chi connectivity index (χ1) is 14.7. The minimum Gasteiger partial charge on any atom is -0.366 e. The van der Waals surface area contributed by atoms with E-state index in [1.165, 1.54) is 48.8 Å². The summed E-state index contributed by atoms with van der Waals surface area (Å²) in [7, 11) is 0. The number of nitrogens with two attached hydrogens (primary N) is 1. The number of hydrogen-bond acceptors (Lipinski definition) is 4. The van der Waals surface area contributed by atoms with Crippen molar-refractivity contribution in [1.29, 1.82) is 0 Å². The van der Waals surface area contributed by atoms with Crippen LogP contribution in [0.2, 0.25) is 0 Å². The van der Waals surface area contributed by atoms with E-state index in [2.05, 4.69) is 9.97 Å². The van der Waals surface area contributed by atoms with E-state index in [1.807, 2.05) is 0 Å². The molecule has 0 aliphatic heterocycles. The summed E-state index contributed by atoms with van der Waals surface area (Å²) < 4.78 is 40.9. The molecule has 0 aliphatic carbocycles. The van der Waals surface area contributed by atoms with Gasteiger partial charge in [0.2, 0.25) is 5.91 Å².